The highest BCUT2D eigenvalue weighted by Gasteiger charge is 2.24. The van der Waals surface area contributed by atoms with Crippen molar-refractivity contribution in [3.63, 3.8) is 0 Å². The number of imidazole rings is 1. The van der Waals surface area contributed by atoms with Crippen molar-refractivity contribution in [1.29, 1.82) is 0 Å². The van der Waals surface area contributed by atoms with Crippen LogP contribution < -0.4 is 4.84 Å². The van der Waals surface area contributed by atoms with E-state index in [-0.39, 0.29) is 6.10 Å². The summed E-state index contributed by atoms with van der Waals surface area (Å²) in [5.41, 5.74) is 0. The molecular weight excluding hydrogens is 302 g/mol. The molecule has 1 saturated heterocycles. The molecule has 1 amide bonds. The number of likely N-dealkylation sites (tertiary alicyclic amines) is 1. The number of aromatic nitrogens is 2. The lowest BCUT2D eigenvalue weighted by Crippen LogP contribution is -2.42. The van der Waals surface area contributed by atoms with Crippen LogP contribution in [0.4, 0.5) is 4.79 Å². The molecule has 1 N–H and O–H groups in total. The first-order valence-corrected chi connectivity index (χ1v) is 7.95. The molecule has 0 radical (unpaired) electrons. The highest BCUT2D eigenvalue weighted by molar-refractivity contribution is 7.99. The molecule has 0 spiro atoms. The summed E-state index contributed by atoms with van der Waals surface area (Å²) in [6, 6.07) is 9.99. The SMILES string of the molecule is O=C(O)N1CCC(On2ccnc2Sc2ccccc2)CC1. The second-order valence-corrected chi connectivity index (χ2v) is 6.07. The molecule has 3 rings (SSSR count). The van der Waals surface area contributed by atoms with Gasteiger partial charge in [0, 0.05) is 37.0 Å². The van der Waals surface area contributed by atoms with Gasteiger partial charge in [0.1, 0.15) is 6.10 Å². The van der Waals surface area contributed by atoms with Crippen molar-refractivity contribution in [1.82, 2.24) is 14.6 Å². The van der Waals surface area contributed by atoms with E-state index in [4.69, 9.17) is 9.94 Å². The number of benzene rings is 1. The smallest absolute Gasteiger partial charge is 0.407 e. The molecule has 0 aliphatic carbocycles. The predicted octanol–water partition coefficient (Wildman–Crippen LogP) is 2.61. The fourth-order valence-corrected chi connectivity index (χ4v) is 3.15. The second kappa shape index (κ2) is 6.74. The van der Waals surface area contributed by atoms with Gasteiger partial charge in [0.15, 0.2) is 0 Å². The summed E-state index contributed by atoms with van der Waals surface area (Å²) in [6.45, 7) is 1.02. The number of carbonyl (C=O) groups is 1. The first kappa shape index (κ1) is 14.8. The summed E-state index contributed by atoms with van der Waals surface area (Å²) in [6.07, 6.45) is 4.04. The minimum atomic E-state index is -0.860. The van der Waals surface area contributed by atoms with Gasteiger partial charge in [-0.25, -0.2) is 9.78 Å². The third-order valence-corrected chi connectivity index (χ3v) is 4.48. The third kappa shape index (κ3) is 3.54. The second-order valence-electron chi connectivity index (χ2n) is 5.03. The third-order valence-electron chi connectivity index (χ3n) is 3.50. The lowest BCUT2D eigenvalue weighted by atomic mass is 10.1. The van der Waals surface area contributed by atoms with Crippen LogP contribution >= 0.6 is 11.8 Å². The van der Waals surface area contributed by atoms with Gasteiger partial charge in [0.2, 0.25) is 5.16 Å². The van der Waals surface area contributed by atoms with Gasteiger partial charge in [-0.3, -0.25) is 0 Å². The Hall–Kier alpha value is -2.15. The van der Waals surface area contributed by atoms with Gasteiger partial charge in [-0.2, -0.15) is 4.73 Å². The molecule has 1 aliphatic rings. The van der Waals surface area contributed by atoms with Crippen LogP contribution in [0.15, 0.2) is 52.8 Å². The highest BCUT2D eigenvalue weighted by Crippen LogP contribution is 2.25. The van der Waals surface area contributed by atoms with Gasteiger partial charge in [0.25, 0.3) is 0 Å². The molecule has 2 aromatic rings. The molecule has 0 saturated carbocycles. The number of carboxylic acid groups (broad SMARTS) is 1. The van der Waals surface area contributed by atoms with Crippen molar-refractivity contribution >= 4 is 17.9 Å². The Kier molecular flexibility index (Phi) is 4.53. The molecule has 2 heterocycles. The molecule has 22 heavy (non-hydrogen) atoms. The fourth-order valence-electron chi connectivity index (χ4n) is 2.34. The topological polar surface area (TPSA) is 67.6 Å². The zero-order valence-electron chi connectivity index (χ0n) is 12.0. The number of hydrogen-bond acceptors (Lipinski definition) is 4. The lowest BCUT2D eigenvalue weighted by Gasteiger charge is -2.30. The van der Waals surface area contributed by atoms with E-state index in [1.807, 2.05) is 30.3 Å². The summed E-state index contributed by atoms with van der Waals surface area (Å²) in [7, 11) is 0. The number of rotatable bonds is 4. The fraction of sp³-hybridized carbons (Fsp3) is 0.333. The quantitative estimate of drug-likeness (QED) is 0.938. The van der Waals surface area contributed by atoms with E-state index in [0.717, 1.165) is 10.1 Å². The average Bonchev–Trinajstić information content (AvgIpc) is 2.96. The molecule has 1 fully saturated rings. The highest BCUT2D eigenvalue weighted by atomic mass is 32.2. The summed E-state index contributed by atoms with van der Waals surface area (Å²) in [5, 5.41) is 9.73. The Bertz CT molecular complexity index is 624. The van der Waals surface area contributed by atoms with Gasteiger partial charge < -0.3 is 14.8 Å². The molecule has 1 aromatic heterocycles. The van der Waals surface area contributed by atoms with Crippen molar-refractivity contribution in [2.75, 3.05) is 13.1 Å². The summed E-state index contributed by atoms with van der Waals surface area (Å²) in [5.74, 6) is 0. The van der Waals surface area contributed by atoms with E-state index in [1.165, 1.54) is 16.7 Å². The molecule has 7 heteroatoms. The van der Waals surface area contributed by atoms with E-state index < -0.39 is 6.09 Å². The van der Waals surface area contributed by atoms with Gasteiger partial charge in [-0.15, -0.1) is 0 Å². The maximum Gasteiger partial charge on any atom is 0.407 e. The standard InChI is InChI=1S/C15H17N3O3S/c19-15(20)17-9-6-12(7-10-17)21-18-11-8-16-14(18)22-13-4-2-1-3-5-13/h1-5,8,11-12H,6-7,9-10H2,(H,19,20). The monoisotopic (exact) mass is 319 g/mol. The Morgan fingerprint density at radius 3 is 2.68 bits per heavy atom. The van der Waals surface area contributed by atoms with Gasteiger partial charge in [-0.1, -0.05) is 18.2 Å². The van der Waals surface area contributed by atoms with Crippen molar-refractivity contribution in [3.05, 3.63) is 42.7 Å². The number of piperidine rings is 1. The van der Waals surface area contributed by atoms with Crippen LogP contribution in [0.3, 0.4) is 0 Å². The maximum absolute atomic E-state index is 10.9. The Morgan fingerprint density at radius 2 is 2.00 bits per heavy atom. The molecular formula is C15H17N3O3S. The minimum absolute atomic E-state index is 0.0138. The maximum atomic E-state index is 10.9. The molecule has 0 unspecified atom stereocenters. The Morgan fingerprint density at radius 1 is 1.27 bits per heavy atom. The van der Waals surface area contributed by atoms with Crippen LogP contribution in [-0.2, 0) is 0 Å². The van der Waals surface area contributed by atoms with Crippen molar-refractivity contribution < 1.29 is 14.7 Å². The average molecular weight is 319 g/mol. The van der Waals surface area contributed by atoms with Crippen LogP contribution in [0.2, 0.25) is 0 Å². The molecule has 0 bridgehead atoms. The first-order chi connectivity index (χ1) is 10.7. The lowest BCUT2D eigenvalue weighted by molar-refractivity contribution is -0.0115. The Balaban J connectivity index is 1.60. The van der Waals surface area contributed by atoms with Crippen LogP contribution in [0.5, 0.6) is 0 Å². The normalized spacial score (nSPS) is 15.7. The van der Waals surface area contributed by atoms with Crippen LogP contribution in [0.25, 0.3) is 0 Å². The van der Waals surface area contributed by atoms with E-state index in [1.54, 1.807) is 17.1 Å². The van der Waals surface area contributed by atoms with Gasteiger partial charge >= 0.3 is 6.09 Å². The van der Waals surface area contributed by atoms with Crippen LogP contribution in [0, 0.1) is 0 Å². The van der Waals surface area contributed by atoms with E-state index in [9.17, 15) is 4.79 Å². The Labute approximate surface area is 132 Å². The minimum Gasteiger partial charge on any atom is -0.465 e. The van der Waals surface area contributed by atoms with Gasteiger partial charge in [-0.05, 0) is 23.9 Å². The zero-order chi connectivity index (χ0) is 15.4. The van der Waals surface area contributed by atoms with E-state index in [0.29, 0.717) is 25.9 Å². The molecule has 1 aliphatic heterocycles. The molecule has 0 atom stereocenters. The van der Waals surface area contributed by atoms with Crippen molar-refractivity contribution in [2.45, 2.75) is 29.0 Å². The summed E-state index contributed by atoms with van der Waals surface area (Å²) < 4.78 is 1.68. The number of amides is 1. The number of hydrogen-bond donors (Lipinski definition) is 1. The zero-order valence-corrected chi connectivity index (χ0v) is 12.8. The first-order valence-electron chi connectivity index (χ1n) is 7.13. The van der Waals surface area contributed by atoms with Crippen molar-refractivity contribution in [3.8, 4) is 0 Å². The van der Waals surface area contributed by atoms with Crippen LogP contribution in [-0.4, -0.2) is 45.0 Å². The summed E-state index contributed by atoms with van der Waals surface area (Å²) in [4.78, 5) is 23.7. The molecule has 1 aromatic carbocycles. The van der Waals surface area contributed by atoms with Gasteiger partial charge in [0.05, 0.1) is 6.20 Å². The van der Waals surface area contributed by atoms with E-state index in [2.05, 4.69) is 4.98 Å². The van der Waals surface area contributed by atoms with Crippen LogP contribution in [0.1, 0.15) is 12.8 Å². The number of nitrogens with zero attached hydrogens (tertiary/aromatic N) is 3. The predicted molar refractivity (Wildman–Crippen MR) is 82.0 cm³/mol. The summed E-state index contributed by atoms with van der Waals surface area (Å²) >= 11 is 1.54. The largest absolute Gasteiger partial charge is 0.465 e. The van der Waals surface area contributed by atoms with Crippen molar-refractivity contribution in [2.24, 2.45) is 0 Å². The molecule has 6 nitrogen and oxygen atoms in total. The molecule has 116 valence electrons. The van der Waals surface area contributed by atoms with E-state index >= 15 is 0 Å².